The molecule has 0 spiro atoms. The number of nitrogen functional groups attached to an aromatic ring is 1. The van der Waals surface area contributed by atoms with E-state index in [0.717, 1.165) is 5.69 Å². The minimum Gasteiger partial charge on any atom is -0.467 e. The third kappa shape index (κ3) is 1.22. The zero-order valence-corrected chi connectivity index (χ0v) is 6.85. The molecule has 0 saturated carbocycles. The van der Waals surface area contributed by atoms with Gasteiger partial charge in [0, 0.05) is 14.1 Å². The second-order valence-electron chi connectivity index (χ2n) is 2.29. The Kier molecular flexibility index (Phi) is 1.82. The predicted octanol–water partition coefficient (Wildman–Crippen LogP) is 0.921. The molecule has 4 heteroatoms. The van der Waals surface area contributed by atoms with Gasteiger partial charge in [0.15, 0.2) is 5.38 Å². The summed E-state index contributed by atoms with van der Waals surface area (Å²) >= 11 is 0. The Balaban J connectivity index is 2.98. The van der Waals surface area contributed by atoms with Crippen LogP contribution >= 0.6 is 10.7 Å². The van der Waals surface area contributed by atoms with Crippen LogP contribution in [0.25, 0.3) is 0 Å². The van der Waals surface area contributed by atoms with Crippen LogP contribution < -0.4 is 10.0 Å². The van der Waals surface area contributed by atoms with Crippen LogP contribution in [0.4, 0.5) is 5.69 Å². The molecule has 0 aliphatic heterocycles. The van der Waals surface area contributed by atoms with Crippen molar-refractivity contribution in [3.63, 3.8) is 0 Å². The van der Waals surface area contributed by atoms with Crippen LogP contribution in [0.2, 0.25) is 0 Å². The van der Waals surface area contributed by atoms with Crippen molar-refractivity contribution in [2.75, 3.05) is 24.1 Å². The summed E-state index contributed by atoms with van der Waals surface area (Å²) in [5, 5.41) is 16.7. The maximum atomic E-state index is 9.09. The topological polar surface area (TPSA) is 49.5 Å². The molecular formula is C6H11N2OS+. The summed E-state index contributed by atoms with van der Waals surface area (Å²) in [5.74, 6) is 0. The van der Waals surface area contributed by atoms with E-state index in [1.54, 1.807) is 6.07 Å². The van der Waals surface area contributed by atoms with Crippen LogP contribution in [0.5, 0.6) is 5.06 Å². The lowest BCUT2D eigenvalue weighted by atomic mass is 10.5. The standard InChI is InChI=1S/C6H10N2OS/c1-8(2)5-3-6(9)10(7)4-5/h3-4H,7H2,1-2H3/p+1. The van der Waals surface area contributed by atoms with E-state index in [1.165, 1.54) is 0 Å². The highest BCUT2D eigenvalue weighted by Crippen LogP contribution is 2.32. The van der Waals surface area contributed by atoms with Crippen LogP contribution in [0, 0.1) is 0 Å². The highest BCUT2D eigenvalue weighted by atomic mass is 32.2. The summed E-state index contributed by atoms with van der Waals surface area (Å²) in [6, 6.07) is 1.68. The minimum atomic E-state index is -0.555. The van der Waals surface area contributed by atoms with Gasteiger partial charge in [-0.25, -0.2) is 0 Å². The molecule has 0 amide bonds. The zero-order chi connectivity index (χ0) is 7.72. The molecule has 1 heterocycles. The minimum absolute atomic E-state index is 0.267. The second-order valence-corrected chi connectivity index (χ2v) is 3.69. The lowest BCUT2D eigenvalue weighted by Crippen LogP contribution is -2.06. The average Bonchev–Trinajstić information content (AvgIpc) is 2.13. The zero-order valence-electron chi connectivity index (χ0n) is 6.03. The summed E-state index contributed by atoms with van der Waals surface area (Å²) < 4.78 is 0. The lowest BCUT2D eigenvalue weighted by molar-refractivity contribution is 0.490. The van der Waals surface area contributed by atoms with Crippen molar-refractivity contribution < 1.29 is 5.11 Å². The van der Waals surface area contributed by atoms with E-state index >= 15 is 0 Å². The van der Waals surface area contributed by atoms with Crippen molar-refractivity contribution in [2.45, 2.75) is 0 Å². The summed E-state index contributed by atoms with van der Waals surface area (Å²) in [7, 11) is 3.27. The maximum absolute atomic E-state index is 9.09. The van der Waals surface area contributed by atoms with Gasteiger partial charge in [-0.15, -0.1) is 5.14 Å². The van der Waals surface area contributed by atoms with Crippen LogP contribution in [0.15, 0.2) is 11.4 Å². The molecule has 56 valence electrons. The van der Waals surface area contributed by atoms with Gasteiger partial charge in [0.1, 0.15) is 16.3 Å². The maximum Gasteiger partial charge on any atom is 0.349 e. The number of nitrogens with two attached hydrogens (primary N) is 1. The first-order valence-corrected chi connectivity index (χ1v) is 4.23. The fourth-order valence-corrected chi connectivity index (χ4v) is 1.57. The van der Waals surface area contributed by atoms with Crippen LogP contribution in [-0.2, 0) is 0 Å². The van der Waals surface area contributed by atoms with Crippen molar-refractivity contribution in [3.8, 4) is 5.06 Å². The van der Waals surface area contributed by atoms with Crippen LogP contribution in [0.3, 0.4) is 0 Å². The van der Waals surface area contributed by atoms with E-state index in [1.807, 2.05) is 24.4 Å². The van der Waals surface area contributed by atoms with E-state index in [4.69, 9.17) is 10.2 Å². The van der Waals surface area contributed by atoms with E-state index < -0.39 is 10.7 Å². The third-order valence-corrected chi connectivity index (χ3v) is 2.37. The molecule has 1 unspecified atom stereocenters. The van der Waals surface area contributed by atoms with Crippen LogP contribution in [0.1, 0.15) is 0 Å². The predicted molar refractivity (Wildman–Crippen MR) is 45.1 cm³/mol. The van der Waals surface area contributed by atoms with Crippen molar-refractivity contribution in [1.82, 2.24) is 0 Å². The molecule has 0 aliphatic carbocycles. The SMILES string of the molecule is CN(C)c1cc(O)[s+](N)c1. The van der Waals surface area contributed by atoms with Gasteiger partial charge in [-0.1, -0.05) is 0 Å². The highest BCUT2D eigenvalue weighted by molar-refractivity contribution is 7.31. The van der Waals surface area contributed by atoms with Gasteiger partial charge in [0.05, 0.1) is 6.07 Å². The summed E-state index contributed by atoms with van der Waals surface area (Å²) in [5.41, 5.74) is 0.975. The first-order valence-electron chi connectivity index (χ1n) is 2.88. The fourth-order valence-electron chi connectivity index (χ4n) is 0.654. The number of hydrogen-bond donors (Lipinski definition) is 2. The molecular weight excluding hydrogens is 148 g/mol. The van der Waals surface area contributed by atoms with Gasteiger partial charge in [-0.3, -0.25) is 0 Å². The van der Waals surface area contributed by atoms with E-state index in [2.05, 4.69) is 0 Å². The Bertz CT molecular complexity index is 212. The van der Waals surface area contributed by atoms with Gasteiger partial charge in [0.2, 0.25) is 0 Å². The normalized spacial score (nSPS) is 11.7. The number of nitrogens with zero attached hydrogens (tertiary/aromatic N) is 1. The monoisotopic (exact) mass is 159 g/mol. The van der Waals surface area contributed by atoms with Crippen molar-refractivity contribution >= 4 is 16.3 Å². The van der Waals surface area contributed by atoms with Gasteiger partial charge < -0.3 is 10.0 Å². The Labute approximate surface area is 62.8 Å². The number of anilines is 1. The quantitative estimate of drug-likeness (QED) is 0.599. The van der Waals surface area contributed by atoms with Gasteiger partial charge in [0.25, 0.3) is 0 Å². The lowest BCUT2D eigenvalue weighted by Gasteiger charge is -2.04. The van der Waals surface area contributed by atoms with Crippen LogP contribution in [-0.4, -0.2) is 19.2 Å². The van der Waals surface area contributed by atoms with E-state index in [-0.39, 0.29) is 5.06 Å². The summed E-state index contributed by atoms with van der Waals surface area (Å²) in [6.45, 7) is 0. The highest BCUT2D eigenvalue weighted by Gasteiger charge is 2.12. The smallest absolute Gasteiger partial charge is 0.349 e. The Morgan fingerprint density at radius 3 is 2.40 bits per heavy atom. The molecule has 0 radical (unpaired) electrons. The number of thiophene rings is 1. The molecule has 1 rings (SSSR count). The molecule has 0 saturated heterocycles. The first kappa shape index (κ1) is 7.37. The second kappa shape index (κ2) is 2.48. The number of hydrogen-bond acceptors (Lipinski definition) is 3. The van der Waals surface area contributed by atoms with Gasteiger partial charge in [-0.2, -0.15) is 0 Å². The molecule has 1 aromatic heterocycles. The largest absolute Gasteiger partial charge is 0.467 e. The van der Waals surface area contributed by atoms with Crippen molar-refractivity contribution in [3.05, 3.63) is 11.4 Å². The molecule has 1 aromatic rings. The van der Waals surface area contributed by atoms with Crippen molar-refractivity contribution in [2.24, 2.45) is 0 Å². The molecule has 3 N–H and O–H groups in total. The molecule has 0 aromatic carbocycles. The van der Waals surface area contributed by atoms with Crippen molar-refractivity contribution in [1.29, 1.82) is 0 Å². The molecule has 0 aliphatic rings. The average molecular weight is 159 g/mol. The van der Waals surface area contributed by atoms with E-state index in [0.29, 0.717) is 0 Å². The summed E-state index contributed by atoms with van der Waals surface area (Å²) in [6.07, 6.45) is 0. The molecule has 1 atom stereocenters. The first-order chi connectivity index (χ1) is 4.61. The summed E-state index contributed by atoms with van der Waals surface area (Å²) in [4.78, 5) is 1.91. The van der Waals surface area contributed by atoms with E-state index in [9.17, 15) is 0 Å². The number of aromatic hydroxyl groups is 1. The van der Waals surface area contributed by atoms with Gasteiger partial charge >= 0.3 is 5.06 Å². The third-order valence-electron chi connectivity index (χ3n) is 1.28. The Morgan fingerprint density at radius 1 is 1.60 bits per heavy atom. The Hall–Kier alpha value is -0.740. The molecule has 0 fully saturated rings. The molecule has 3 nitrogen and oxygen atoms in total. The molecule has 0 bridgehead atoms. The number of rotatable bonds is 1. The molecule has 10 heavy (non-hydrogen) atoms. The fraction of sp³-hybridized carbons (Fsp3) is 0.333. The Morgan fingerprint density at radius 2 is 2.20 bits per heavy atom. The van der Waals surface area contributed by atoms with Gasteiger partial charge in [-0.05, 0) is 0 Å².